The van der Waals surface area contributed by atoms with Crippen LogP contribution in [0.3, 0.4) is 0 Å². The van der Waals surface area contributed by atoms with Gasteiger partial charge in [0.15, 0.2) is 0 Å². The summed E-state index contributed by atoms with van der Waals surface area (Å²) in [5, 5.41) is 10.8. The number of rotatable bonds is 5. The Bertz CT molecular complexity index is 1120. The minimum Gasteiger partial charge on any atom is -0.508 e. The number of carbonyl (C=O) groups is 1. The highest BCUT2D eigenvalue weighted by molar-refractivity contribution is 7.12. The molecule has 6 heteroatoms. The zero-order valence-electron chi connectivity index (χ0n) is 19.0. The molecule has 32 heavy (non-hydrogen) atoms. The van der Waals surface area contributed by atoms with Crippen LogP contribution >= 0.6 is 11.3 Å². The van der Waals surface area contributed by atoms with Gasteiger partial charge in [-0.05, 0) is 74.4 Å². The van der Waals surface area contributed by atoms with Gasteiger partial charge >= 0.3 is 0 Å². The maximum atomic E-state index is 11.8. The number of thiophene rings is 1. The molecule has 1 saturated heterocycles. The van der Waals surface area contributed by atoms with Gasteiger partial charge in [-0.1, -0.05) is 6.92 Å². The van der Waals surface area contributed by atoms with Gasteiger partial charge in [0, 0.05) is 46.8 Å². The van der Waals surface area contributed by atoms with Gasteiger partial charge in [0.25, 0.3) is 0 Å². The lowest BCUT2D eigenvalue weighted by atomic mass is 9.89. The molecule has 0 radical (unpaired) electrons. The number of phenolic OH excluding ortho intramolecular Hbond substituents is 1. The number of benzene rings is 1. The van der Waals surface area contributed by atoms with E-state index >= 15 is 0 Å². The first-order valence-corrected chi connectivity index (χ1v) is 12.7. The second-order valence-electron chi connectivity index (χ2n) is 9.19. The monoisotopic (exact) mass is 452 g/mol. The molecule has 170 valence electrons. The van der Waals surface area contributed by atoms with E-state index < -0.39 is 0 Å². The number of phenols is 1. The number of amides is 1. The molecule has 5 nitrogen and oxygen atoms in total. The van der Waals surface area contributed by atoms with Crippen LogP contribution in [-0.4, -0.2) is 47.0 Å². The second-order valence-corrected chi connectivity index (χ2v) is 10.4. The van der Waals surface area contributed by atoms with Crippen molar-refractivity contribution in [1.29, 1.82) is 0 Å². The zero-order valence-corrected chi connectivity index (χ0v) is 19.8. The SMILES string of the molecule is CCc1c(CCN2CCC(c3coc4cc(O)ccc34)CC2)sc2c1CCN(C(C)=O)C2. The van der Waals surface area contributed by atoms with Gasteiger partial charge < -0.3 is 19.3 Å². The van der Waals surface area contributed by atoms with Crippen LogP contribution in [0.4, 0.5) is 0 Å². The van der Waals surface area contributed by atoms with Gasteiger partial charge in [0.2, 0.25) is 5.91 Å². The fraction of sp³-hybridized carbons (Fsp3) is 0.500. The molecule has 5 rings (SSSR count). The summed E-state index contributed by atoms with van der Waals surface area (Å²) < 4.78 is 5.71. The molecule has 4 heterocycles. The molecular weight excluding hydrogens is 420 g/mol. The molecule has 2 aliphatic rings. The van der Waals surface area contributed by atoms with E-state index in [1.165, 1.54) is 20.9 Å². The molecule has 1 fully saturated rings. The topological polar surface area (TPSA) is 56.9 Å². The number of nitrogens with zero attached hydrogens (tertiary/aromatic N) is 2. The van der Waals surface area contributed by atoms with E-state index in [0.717, 1.165) is 75.8 Å². The predicted molar refractivity (Wildman–Crippen MR) is 128 cm³/mol. The third-order valence-corrected chi connectivity index (χ3v) is 8.64. The molecule has 3 aromatic rings. The number of hydrogen-bond acceptors (Lipinski definition) is 5. The fourth-order valence-electron chi connectivity index (χ4n) is 5.49. The number of likely N-dealkylation sites (tertiary alicyclic amines) is 1. The number of fused-ring (bicyclic) bond motifs is 2. The van der Waals surface area contributed by atoms with Crippen molar-refractivity contribution >= 4 is 28.2 Å². The maximum absolute atomic E-state index is 11.8. The van der Waals surface area contributed by atoms with Crippen LogP contribution in [0.2, 0.25) is 0 Å². The molecule has 0 bridgehead atoms. The Labute approximate surface area is 193 Å². The maximum Gasteiger partial charge on any atom is 0.219 e. The van der Waals surface area contributed by atoms with Crippen LogP contribution < -0.4 is 0 Å². The Balaban J connectivity index is 1.20. The summed E-state index contributed by atoms with van der Waals surface area (Å²) in [6.45, 7) is 8.94. The highest BCUT2D eigenvalue weighted by atomic mass is 32.1. The summed E-state index contributed by atoms with van der Waals surface area (Å²) in [7, 11) is 0. The lowest BCUT2D eigenvalue weighted by Gasteiger charge is -2.31. The third kappa shape index (κ3) is 4.06. The van der Waals surface area contributed by atoms with E-state index in [9.17, 15) is 9.90 Å². The van der Waals surface area contributed by atoms with Crippen molar-refractivity contribution in [3.8, 4) is 5.75 Å². The summed E-state index contributed by atoms with van der Waals surface area (Å²) in [5.41, 5.74) is 5.14. The van der Waals surface area contributed by atoms with E-state index in [4.69, 9.17) is 4.42 Å². The largest absolute Gasteiger partial charge is 0.508 e. The minimum absolute atomic E-state index is 0.189. The first kappa shape index (κ1) is 21.5. The van der Waals surface area contributed by atoms with Crippen LogP contribution in [0.5, 0.6) is 5.75 Å². The summed E-state index contributed by atoms with van der Waals surface area (Å²) in [6, 6.07) is 5.43. The standard InChI is InChI=1S/C26H32N2O3S/c1-3-20-22-8-13-28(17(2)29)15-26(22)32-25(20)9-12-27-10-6-18(7-11-27)23-16-31-24-14-19(30)4-5-21(23)24/h4-5,14,16,18,30H,3,6-13,15H2,1-2H3. The quantitative estimate of drug-likeness (QED) is 0.586. The van der Waals surface area contributed by atoms with Crippen LogP contribution in [0.15, 0.2) is 28.9 Å². The Kier molecular flexibility index (Phi) is 5.99. The van der Waals surface area contributed by atoms with E-state index in [1.54, 1.807) is 24.6 Å². The van der Waals surface area contributed by atoms with E-state index in [2.05, 4.69) is 11.8 Å². The van der Waals surface area contributed by atoms with Crippen molar-refractivity contribution in [2.45, 2.75) is 58.4 Å². The van der Waals surface area contributed by atoms with Crippen LogP contribution in [0.25, 0.3) is 11.0 Å². The Hall–Kier alpha value is -2.31. The van der Waals surface area contributed by atoms with Gasteiger partial charge in [-0.25, -0.2) is 0 Å². The Morgan fingerprint density at radius 2 is 2.06 bits per heavy atom. The number of carbonyl (C=O) groups excluding carboxylic acids is 1. The average molecular weight is 453 g/mol. The summed E-state index contributed by atoms with van der Waals surface area (Å²) in [6.07, 6.45) is 7.39. The molecule has 0 aliphatic carbocycles. The summed E-state index contributed by atoms with van der Waals surface area (Å²) in [4.78, 5) is 19.3. The van der Waals surface area contributed by atoms with Crippen molar-refractivity contribution in [2.24, 2.45) is 0 Å². The van der Waals surface area contributed by atoms with Gasteiger partial charge in [0.05, 0.1) is 12.8 Å². The molecule has 1 N–H and O–H groups in total. The first-order chi connectivity index (χ1) is 15.5. The number of furan rings is 1. The lowest BCUT2D eigenvalue weighted by molar-refractivity contribution is -0.129. The lowest BCUT2D eigenvalue weighted by Crippen LogP contribution is -2.34. The Morgan fingerprint density at radius 3 is 2.81 bits per heavy atom. The third-order valence-electron chi connectivity index (χ3n) is 7.32. The molecule has 2 aromatic heterocycles. The van der Waals surface area contributed by atoms with Gasteiger partial charge in [-0.2, -0.15) is 0 Å². The molecule has 0 saturated carbocycles. The number of aromatic hydroxyl groups is 1. The molecule has 2 aliphatic heterocycles. The molecule has 0 unspecified atom stereocenters. The normalized spacial score (nSPS) is 17.8. The summed E-state index contributed by atoms with van der Waals surface area (Å²) in [5.74, 6) is 0.965. The fourth-order valence-corrected chi connectivity index (χ4v) is 6.94. The average Bonchev–Trinajstić information content (AvgIpc) is 3.37. The summed E-state index contributed by atoms with van der Waals surface area (Å²) >= 11 is 1.94. The first-order valence-electron chi connectivity index (χ1n) is 11.8. The molecule has 0 spiro atoms. The van der Waals surface area contributed by atoms with Crippen LogP contribution in [0.1, 0.15) is 59.1 Å². The molecule has 1 amide bonds. The zero-order chi connectivity index (χ0) is 22.2. The number of hydrogen-bond donors (Lipinski definition) is 1. The van der Waals surface area contributed by atoms with Crippen molar-refractivity contribution in [2.75, 3.05) is 26.2 Å². The van der Waals surface area contributed by atoms with Gasteiger partial charge in [-0.15, -0.1) is 11.3 Å². The van der Waals surface area contributed by atoms with Gasteiger partial charge in [0.1, 0.15) is 11.3 Å². The van der Waals surface area contributed by atoms with Crippen LogP contribution in [0, 0.1) is 0 Å². The van der Waals surface area contributed by atoms with Crippen molar-refractivity contribution < 1.29 is 14.3 Å². The van der Waals surface area contributed by atoms with Crippen molar-refractivity contribution in [1.82, 2.24) is 9.80 Å². The number of piperidine rings is 1. The van der Waals surface area contributed by atoms with Gasteiger partial charge in [-0.3, -0.25) is 4.79 Å². The van der Waals surface area contributed by atoms with E-state index in [-0.39, 0.29) is 11.7 Å². The highest BCUT2D eigenvalue weighted by Gasteiger charge is 2.26. The van der Waals surface area contributed by atoms with Crippen LogP contribution in [-0.2, 0) is 30.6 Å². The predicted octanol–water partition coefficient (Wildman–Crippen LogP) is 5.09. The Morgan fingerprint density at radius 1 is 1.25 bits per heavy atom. The van der Waals surface area contributed by atoms with Crippen molar-refractivity contribution in [3.05, 3.63) is 50.9 Å². The van der Waals surface area contributed by atoms with Crippen molar-refractivity contribution in [3.63, 3.8) is 0 Å². The molecule has 0 atom stereocenters. The van der Waals surface area contributed by atoms with E-state index in [0.29, 0.717) is 5.92 Å². The highest BCUT2D eigenvalue weighted by Crippen LogP contribution is 2.37. The smallest absolute Gasteiger partial charge is 0.219 e. The minimum atomic E-state index is 0.189. The second kappa shape index (κ2) is 8.91. The van der Waals surface area contributed by atoms with E-state index in [1.807, 2.05) is 28.6 Å². The molecular formula is C26H32N2O3S. The molecule has 1 aromatic carbocycles.